The van der Waals surface area contributed by atoms with Gasteiger partial charge in [-0.2, -0.15) is 5.10 Å². The Labute approximate surface area is 129 Å². The number of ether oxygens (including phenoxy) is 2. The number of nitrogens with one attached hydrogen (secondary N) is 1. The van der Waals surface area contributed by atoms with E-state index in [9.17, 15) is 4.79 Å². The number of carbonyl (C=O) groups is 1. The van der Waals surface area contributed by atoms with E-state index in [-0.39, 0.29) is 11.8 Å². The van der Waals surface area contributed by atoms with Crippen molar-refractivity contribution in [2.24, 2.45) is 5.10 Å². The van der Waals surface area contributed by atoms with Crippen molar-refractivity contribution in [3.8, 4) is 0 Å². The predicted octanol–water partition coefficient (Wildman–Crippen LogP) is 3.31. The summed E-state index contributed by atoms with van der Waals surface area (Å²) in [4.78, 5) is 11.3. The van der Waals surface area contributed by atoms with Crippen LogP contribution in [0, 0.1) is 0 Å². The molecule has 1 rings (SSSR count). The normalized spacial score (nSPS) is 11.1. The second-order valence-corrected chi connectivity index (χ2v) is 4.70. The Morgan fingerprint density at radius 1 is 1.43 bits per heavy atom. The molecule has 0 fully saturated rings. The number of benzene rings is 1. The highest BCUT2D eigenvalue weighted by atomic mass is 35.5. The Morgan fingerprint density at radius 2 is 2.14 bits per heavy atom. The van der Waals surface area contributed by atoms with Gasteiger partial charge in [-0.05, 0) is 19.9 Å². The molecule has 0 saturated heterocycles. The zero-order valence-electron chi connectivity index (χ0n) is 12.2. The van der Waals surface area contributed by atoms with Crippen molar-refractivity contribution in [3.05, 3.63) is 42.0 Å². The Bertz CT molecular complexity index is 529. The van der Waals surface area contributed by atoms with E-state index in [1.165, 1.54) is 0 Å². The number of nitrogens with zero attached hydrogens (tertiary/aromatic N) is 1. The highest BCUT2D eigenvalue weighted by Gasteiger charge is 2.09. The summed E-state index contributed by atoms with van der Waals surface area (Å²) in [7, 11) is 0. The Hall–Kier alpha value is -1.85. The van der Waals surface area contributed by atoms with E-state index >= 15 is 0 Å². The quantitative estimate of drug-likeness (QED) is 0.346. The fraction of sp³-hybridized carbons (Fsp3) is 0.333. The van der Waals surface area contributed by atoms with Crippen LogP contribution in [0.2, 0.25) is 0 Å². The largest absolute Gasteiger partial charge is 0.461 e. The van der Waals surface area contributed by atoms with Crippen LogP contribution in [0.1, 0.15) is 19.4 Å². The lowest BCUT2D eigenvalue weighted by Gasteiger charge is -2.09. The van der Waals surface area contributed by atoms with Gasteiger partial charge in [0.2, 0.25) is 5.17 Å². The molecule has 1 aromatic carbocycles. The van der Waals surface area contributed by atoms with Gasteiger partial charge in [-0.25, -0.2) is 4.79 Å². The van der Waals surface area contributed by atoms with Gasteiger partial charge in [-0.3, -0.25) is 5.43 Å². The standard InChI is InChI=1S/C15H19ClN2O3/c1-4-21-15(19)14(16)18-17-13-8-6-5-7-12(13)10-20-9-11(2)3/h5-8,17H,2,4,9-10H2,1,3H3/b18-14+. The fourth-order valence-corrected chi connectivity index (χ4v) is 1.53. The summed E-state index contributed by atoms with van der Waals surface area (Å²) in [6.07, 6.45) is 0. The number of rotatable bonds is 8. The van der Waals surface area contributed by atoms with E-state index in [0.29, 0.717) is 18.9 Å². The fourth-order valence-electron chi connectivity index (χ4n) is 1.44. The molecular formula is C15H19ClN2O3. The smallest absolute Gasteiger partial charge is 0.370 e. The van der Waals surface area contributed by atoms with Crippen molar-refractivity contribution in [2.45, 2.75) is 20.5 Å². The zero-order chi connectivity index (χ0) is 15.7. The van der Waals surface area contributed by atoms with Crippen LogP contribution in [0.5, 0.6) is 0 Å². The molecule has 0 unspecified atom stereocenters. The van der Waals surface area contributed by atoms with Gasteiger partial charge < -0.3 is 9.47 Å². The van der Waals surface area contributed by atoms with Crippen LogP contribution in [0.15, 0.2) is 41.5 Å². The number of hydrogen-bond acceptors (Lipinski definition) is 5. The van der Waals surface area contributed by atoms with Crippen molar-refractivity contribution in [1.29, 1.82) is 0 Å². The topological polar surface area (TPSA) is 59.9 Å². The predicted molar refractivity (Wildman–Crippen MR) is 84.5 cm³/mol. The number of carbonyl (C=O) groups excluding carboxylic acids is 1. The van der Waals surface area contributed by atoms with Gasteiger partial charge in [0, 0.05) is 5.56 Å². The summed E-state index contributed by atoms with van der Waals surface area (Å²) in [5.74, 6) is -0.664. The van der Waals surface area contributed by atoms with Gasteiger partial charge >= 0.3 is 5.97 Å². The molecule has 0 amide bonds. The average molecular weight is 311 g/mol. The first-order valence-corrected chi connectivity index (χ1v) is 6.88. The molecule has 0 aliphatic rings. The number of halogens is 1. The van der Waals surface area contributed by atoms with Gasteiger partial charge in [-0.1, -0.05) is 42.0 Å². The number of anilines is 1. The maximum atomic E-state index is 11.3. The Kier molecular flexibility index (Phi) is 7.50. The van der Waals surface area contributed by atoms with Crippen LogP contribution in [-0.2, 0) is 20.9 Å². The summed E-state index contributed by atoms with van der Waals surface area (Å²) in [5, 5.41) is 3.55. The minimum atomic E-state index is -0.664. The third-order valence-electron chi connectivity index (χ3n) is 2.34. The second kappa shape index (κ2) is 9.15. The molecule has 0 radical (unpaired) electrons. The van der Waals surface area contributed by atoms with Gasteiger partial charge in [0.1, 0.15) is 0 Å². The Balaban J connectivity index is 2.68. The van der Waals surface area contributed by atoms with E-state index in [1.54, 1.807) is 6.92 Å². The molecule has 5 nitrogen and oxygen atoms in total. The van der Waals surface area contributed by atoms with Crippen LogP contribution < -0.4 is 5.43 Å². The van der Waals surface area contributed by atoms with Gasteiger partial charge in [0.05, 0.1) is 25.5 Å². The molecule has 0 bridgehead atoms. The van der Waals surface area contributed by atoms with Gasteiger partial charge in [0.25, 0.3) is 0 Å². The first-order chi connectivity index (χ1) is 10.0. The van der Waals surface area contributed by atoms with Crippen LogP contribution >= 0.6 is 11.6 Å². The number of hydrazone groups is 1. The molecule has 0 saturated carbocycles. The lowest BCUT2D eigenvalue weighted by molar-refractivity contribution is -0.134. The minimum Gasteiger partial charge on any atom is -0.461 e. The first-order valence-electron chi connectivity index (χ1n) is 6.51. The van der Waals surface area contributed by atoms with Crippen molar-refractivity contribution < 1.29 is 14.3 Å². The molecule has 114 valence electrons. The first kappa shape index (κ1) is 17.2. The Morgan fingerprint density at radius 3 is 2.81 bits per heavy atom. The molecule has 0 spiro atoms. The van der Waals surface area contributed by atoms with Crippen LogP contribution in [0.25, 0.3) is 0 Å². The molecule has 0 aliphatic carbocycles. The van der Waals surface area contributed by atoms with E-state index in [2.05, 4.69) is 17.1 Å². The maximum absolute atomic E-state index is 11.3. The summed E-state index contributed by atoms with van der Waals surface area (Å²) in [6.45, 7) is 8.51. The summed E-state index contributed by atoms with van der Waals surface area (Å²) >= 11 is 5.73. The van der Waals surface area contributed by atoms with Gasteiger partial charge in [0.15, 0.2) is 0 Å². The molecular weight excluding hydrogens is 292 g/mol. The number of para-hydroxylation sites is 1. The van der Waals surface area contributed by atoms with E-state index in [0.717, 1.165) is 11.1 Å². The molecule has 1 aromatic rings. The molecule has 0 atom stereocenters. The average Bonchev–Trinajstić information content (AvgIpc) is 2.45. The van der Waals surface area contributed by atoms with Crippen LogP contribution in [0.3, 0.4) is 0 Å². The van der Waals surface area contributed by atoms with Crippen molar-refractivity contribution in [3.63, 3.8) is 0 Å². The monoisotopic (exact) mass is 310 g/mol. The van der Waals surface area contributed by atoms with Crippen LogP contribution in [-0.4, -0.2) is 24.4 Å². The van der Waals surface area contributed by atoms with E-state index < -0.39 is 5.97 Å². The third-order valence-corrected chi connectivity index (χ3v) is 2.58. The second-order valence-electron chi connectivity index (χ2n) is 4.34. The molecule has 1 N–H and O–H groups in total. The molecule has 0 aromatic heterocycles. The third kappa shape index (κ3) is 6.42. The molecule has 6 heteroatoms. The van der Waals surface area contributed by atoms with E-state index in [4.69, 9.17) is 21.1 Å². The van der Waals surface area contributed by atoms with Crippen LogP contribution in [0.4, 0.5) is 5.69 Å². The molecule has 0 aliphatic heterocycles. The summed E-state index contributed by atoms with van der Waals surface area (Å²) < 4.78 is 10.2. The van der Waals surface area contributed by atoms with Crippen molar-refractivity contribution in [2.75, 3.05) is 18.6 Å². The lowest BCUT2D eigenvalue weighted by Crippen LogP contribution is -2.13. The molecule has 0 heterocycles. The van der Waals surface area contributed by atoms with Crippen molar-refractivity contribution >= 4 is 28.4 Å². The maximum Gasteiger partial charge on any atom is 0.370 e. The SMILES string of the molecule is C=C(C)COCc1ccccc1N/N=C(/Cl)C(=O)OCC. The van der Waals surface area contributed by atoms with Gasteiger partial charge in [-0.15, -0.1) is 0 Å². The zero-order valence-corrected chi connectivity index (χ0v) is 12.9. The summed E-state index contributed by atoms with van der Waals surface area (Å²) in [5.41, 5.74) is 5.30. The summed E-state index contributed by atoms with van der Waals surface area (Å²) in [6, 6.07) is 7.45. The van der Waals surface area contributed by atoms with E-state index in [1.807, 2.05) is 31.2 Å². The van der Waals surface area contributed by atoms with Crippen molar-refractivity contribution in [1.82, 2.24) is 0 Å². The highest BCUT2D eigenvalue weighted by Crippen LogP contribution is 2.16. The molecule has 21 heavy (non-hydrogen) atoms. The lowest BCUT2D eigenvalue weighted by atomic mass is 10.2. The highest BCUT2D eigenvalue weighted by molar-refractivity contribution is 6.82. The number of hydrogen-bond donors (Lipinski definition) is 1. The minimum absolute atomic E-state index is 0.246. The number of esters is 1.